The quantitative estimate of drug-likeness (QED) is 0.270. The molecule has 0 aliphatic carbocycles. The van der Waals surface area contributed by atoms with E-state index in [1.54, 1.807) is 18.2 Å². The molecule has 5 heteroatoms. The van der Waals surface area contributed by atoms with Crippen molar-refractivity contribution >= 4 is 47.7 Å². The van der Waals surface area contributed by atoms with E-state index >= 15 is 0 Å². The van der Waals surface area contributed by atoms with Crippen LogP contribution in [0.2, 0.25) is 0 Å². The molecule has 2 heterocycles. The van der Waals surface area contributed by atoms with Crippen LogP contribution in [0.25, 0.3) is 44.2 Å². The van der Waals surface area contributed by atoms with Crippen molar-refractivity contribution in [1.29, 1.82) is 0 Å². The van der Waals surface area contributed by atoms with Crippen LogP contribution in [0, 0.1) is 0 Å². The van der Waals surface area contributed by atoms with Crippen molar-refractivity contribution in [3.63, 3.8) is 0 Å². The number of hydrogen-bond acceptors (Lipinski definition) is 3. The monoisotopic (exact) mass is 460 g/mol. The topological polar surface area (TPSA) is 47.3 Å². The Labute approximate surface area is 175 Å². The van der Waals surface area contributed by atoms with Crippen LogP contribution in [0.1, 0.15) is 0 Å². The van der Waals surface area contributed by atoms with Gasteiger partial charge in [0.1, 0.15) is 11.2 Å². The summed E-state index contributed by atoms with van der Waals surface area (Å²) in [6, 6.07) is 24.7. The highest BCUT2D eigenvalue weighted by Gasteiger charge is 2.32. The van der Waals surface area contributed by atoms with Crippen LogP contribution in [0.15, 0.2) is 97.5 Å². The third-order valence-electron chi connectivity index (χ3n) is 5.52. The van der Waals surface area contributed by atoms with Gasteiger partial charge in [-0.25, -0.2) is 8.42 Å². The predicted molar refractivity (Wildman–Crippen MR) is 118 cm³/mol. The summed E-state index contributed by atoms with van der Waals surface area (Å²) in [5, 5.41) is 2.02. The molecule has 3 nitrogen and oxygen atoms in total. The van der Waals surface area contributed by atoms with E-state index in [9.17, 15) is 8.42 Å². The molecule has 6 rings (SSSR count). The van der Waals surface area contributed by atoms with E-state index in [4.69, 9.17) is 4.42 Å². The Morgan fingerprint density at radius 3 is 2.34 bits per heavy atom. The zero-order chi connectivity index (χ0) is 19.8. The summed E-state index contributed by atoms with van der Waals surface area (Å²) in [7, 11) is -3.49. The minimum absolute atomic E-state index is 0.370. The maximum atomic E-state index is 13.0. The average molecular weight is 461 g/mol. The normalized spacial score (nSPS) is 14.2. The standard InChI is InChI=1S/C24H13BrO3S/c25-19-5-3-6-21-24(19)18-12-14(9-11-20(18)28-21)15-8-10-17-16-4-1-2-7-22(16)29(26,27)23(17)13-15/h1-13H. The van der Waals surface area contributed by atoms with Crippen LogP contribution in [0.4, 0.5) is 0 Å². The molecule has 0 saturated heterocycles. The minimum atomic E-state index is -3.49. The fourth-order valence-electron chi connectivity index (χ4n) is 4.15. The third-order valence-corrected chi connectivity index (χ3v) is 8.03. The largest absolute Gasteiger partial charge is 0.456 e. The summed E-state index contributed by atoms with van der Waals surface area (Å²) < 4.78 is 33.0. The lowest BCUT2D eigenvalue weighted by Gasteiger charge is -2.06. The van der Waals surface area contributed by atoms with Gasteiger partial charge in [0.2, 0.25) is 9.84 Å². The Morgan fingerprint density at radius 1 is 0.690 bits per heavy atom. The van der Waals surface area contributed by atoms with Crippen molar-refractivity contribution in [3.8, 4) is 22.3 Å². The molecule has 1 aliphatic rings. The van der Waals surface area contributed by atoms with Gasteiger partial charge in [0.05, 0.1) is 9.79 Å². The summed E-state index contributed by atoms with van der Waals surface area (Å²) in [6.45, 7) is 0. The van der Waals surface area contributed by atoms with E-state index in [0.717, 1.165) is 48.7 Å². The molecule has 1 aromatic heterocycles. The fourth-order valence-corrected chi connectivity index (χ4v) is 6.43. The summed E-state index contributed by atoms with van der Waals surface area (Å²) in [5.41, 5.74) is 4.97. The first kappa shape index (κ1) is 17.0. The van der Waals surface area contributed by atoms with E-state index in [2.05, 4.69) is 22.0 Å². The highest BCUT2D eigenvalue weighted by Crippen LogP contribution is 2.45. The molecule has 29 heavy (non-hydrogen) atoms. The van der Waals surface area contributed by atoms with Crippen molar-refractivity contribution in [2.75, 3.05) is 0 Å². The van der Waals surface area contributed by atoms with Crippen molar-refractivity contribution in [3.05, 3.63) is 83.3 Å². The number of sulfone groups is 1. The van der Waals surface area contributed by atoms with E-state index in [-0.39, 0.29) is 0 Å². The van der Waals surface area contributed by atoms with Crippen LogP contribution in [0.5, 0.6) is 0 Å². The summed E-state index contributed by atoms with van der Waals surface area (Å²) >= 11 is 3.61. The van der Waals surface area contributed by atoms with Gasteiger partial charge in [0, 0.05) is 26.4 Å². The molecule has 1 aliphatic heterocycles. The van der Waals surface area contributed by atoms with Crippen LogP contribution in [-0.4, -0.2) is 8.42 Å². The van der Waals surface area contributed by atoms with Crippen molar-refractivity contribution in [1.82, 2.24) is 0 Å². The molecule has 4 aromatic carbocycles. The van der Waals surface area contributed by atoms with Crippen molar-refractivity contribution in [2.24, 2.45) is 0 Å². The van der Waals surface area contributed by atoms with Gasteiger partial charge in [-0.1, -0.05) is 58.4 Å². The Morgan fingerprint density at radius 2 is 1.45 bits per heavy atom. The second-order valence-corrected chi connectivity index (χ2v) is 9.88. The van der Waals surface area contributed by atoms with Crippen LogP contribution in [0.3, 0.4) is 0 Å². The molecular formula is C24H13BrO3S. The van der Waals surface area contributed by atoms with Crippen LogP contribution >= 0.6 is 15.9 Å². The summed E-state index contributed by atoms with van der Waals surface area (Å²) in [4.78, 5) is 0.752. The molecule has 0 atom stereocenters. The van der Waals surface area contributed by atoms with Gasteiger partial charge >= 0.3 is 0 Å². The molecule has 0 spiro atoms. The first-order valence-corrected chi connectivity index (χ1v) is 11.4. The summed E-state index contributed by atoms with van der Waals surface area (Å²) in [6.07, 6.45) is 0. The number of fused-ring (bicyclic) bond motifs is 6. The maximum Gasteiger partial charge on any atom is 0.207 e. The number of hydrogen-bond donors (Lipinski definition) is 0. The lowest BCUT2D eigenvalue weighted by Crippen LogP contribution is -1.96. The number of rotatable bonds is 1. The molecule has 0 fully saturated rings. The predicted octanol–water partition coefficient (Wildman–Crippen LogP) is 6.83. The van der Waals surface area contributed by atoms with Gasteiger partial charge in [-0.2, -0.15) is 0 Å². The first-order chi connectivity index (χ1) is 14.0. The van der Waals surface area contributed by atoms with E-state index in [1.165, 1.54) is 0 Å². The number of benzene rings is 4. The Kier molecular flexibility index (Phi) is 3.41. The fraction of sp³-hybridized carbons (Fsp3) is 0. The highest BCUT2D eigenvalue weighted by atomic mass is 79.9. The van der Waals surface area contributed by atoms with Crippen molar-refractivity contribution in [2.45, 2.75) is 9.79 Å². The second-order valence-electron chi connectivity index (χ2n) is 7.14. The van der Waals surface area contributed by atoms with E-state index in [1.807, 2.05) is 54.6 Å². The third kappa shape index (κ3) is 2.32. The zero-order valence-corrected chi connectivity index (χ0v) is 17.4. The maximum absolute atomic E-state index is 13.0. The average Bonchev–Trinajstić information content (AvgIpc) is 3.22. The smallest absolute Gasteiger partial charge is 0.207 e. The van der Waals surface area contributed by atoms with Gasteiger partial charge in [0.25, 0.3) is 0 Å². The van der Waals surface area contributed by atoms with Gasteiger partial charge in [-0.15, -0.1) is 0 Å². The molecule has 0 amide bonds. The SMILES string of the molecule is O=S1(=O)c2ccccc2-c2ccc(-c3ccc4oc5cccc(Br)c5c4c3)cc21. The molecule has 0 bridgehead atoms. The van der Waals surface area contributed by atoms with Crippen molar-refractivity contribution < 1.29 is 12.8 Å². The zero-order valence-electron chi connectivity index (χ0n) is 15.0. The minimum Gasteiger partial charge on any atom is -0.456 e. The molecule has 0 N–H and O–H groups in total. The molecular weight excluding hydrogens is 448 g/mol. The van der Waals surface area contributed by atoms with Gasteiger partial charge in [-0.3, -0.25) is 0 Å². The van der Waals surface area contributed by atoms with E-state index < -0.39 is 9.84 Å². The molecule has 140 valence electrons. The lowest BCUT2D eigenvalue weighted by molar-refractivity contribution is 0.598. The van der Waals surface area contributed by atoms with Gasteiger partial charge < -0.3 is 4.42 Å². The Hall–Kier alpha value is -2.89. The number of halogens is 1. The molecule has 0 saturated carbocycles. The Balaban J connectivity index is 1.58. The van der Waals surface area contributed by atoms with Gasteiger partial charge in [-0.05, 0) is 47.5 Å². The lowest BCUT2D eigenvalue weighted by atomic mass is 9.99. The summed E-state index contributed by atoms with van der Waals surface area (Å²) in [5.74, 6) is 0. The Bertz CT molecular complexity index is 1580. The first-order valence-electron chi connectivity index (χ1n) is 9.14. The number of furan rings is 1. The molecule has 5 aromatic rings. The van der Waals surface area contributed by atoms with Crippen LogP contribution < -0.4 is 0 Å². The molecule has 0 unspecified atom stereocenters. The van der Waals surface area contributed by atoms with Gasteiger partial charge in [0.15, 0.2) is 0 Å². The van der Waals surface area contributed by atoms with Crippen LogP contribution in [-0.2, 0) is 9.84 Å². The second kappa shape index (κ2) is 5.81. The highest BCUT2D eigenvalue weighted by molar-refractivity contribution is 9.10. The van der Waals surface area contributed by atoms with E-state index in [0.29, 0.717) is 9.79 Å². The molecule has 0 radical (unpaired) electrons.